The molecule has 0 heterocycles. The molecule has 0 saturated carbocycles. The molecule has 0 bridgehead atoms. The molecule has 1 amide bonds. The SMILES string of the molecule is CC[C@@H](C(=O)Nc1ccc(CCCC(=O)O)cc1)c1ccccc1. The molecule has 2 aromatic carbocycles. The van der Waals surface area contributed by atoms with Crippen molar-refractivity contribution in [3.8, 4) is 0 Å². The van der Waals surface area contributed by atoms with E-state index in [9.17, 15) is 9.59 Å². The van der Waals surface area contributed by atoms with Gasteiger partial charge in [-0.25, -0.2) is 0 Å². The Morgan fingerprint density at radius 2 is 1.71 bits per heavy atom. The van der Waals surface area contributed by atoms with Gasteiger partial charge in [-0.1, -0.05) is 49.4 Å². The van der Waals surface area contributed by atoms with Gasteiger partial charge in [0, 0.05) is 12.1 Å². The van der Waals surface area contributed by atoms with Gasteiger partial charge in [0.1, 0.15) is 0 Å². The number of hydrogen-bond donors (Lipinski definition) is 2. The van der Waals surface area contributed by atoms with Gasteiger partial charge in [-0.15, -0.1) is 0 Å². The van der Waals surface area contributed by atoms with Gasteiger partial charge < -0.3 is 10.4 Å². The van der Waals surface area contributed by atoms with Gasteiger partial charge >= 0.3 is 5.97 Å². The van der Waals surface area contributed by atoms with Crippen LogP contribution in [0.3, 0.4) is 0 Å². The predicted molar refractivity (Wildman–Crippen MR) is 95.1 cm³/mol. The normalized spacial score (nSPS) is 11.7. The molecule has 0 aliphatic rings. The van der Waals surface area contributed by atoms with E-state index in [0.717, 1.165) is 29.7 Å². The topological polar surface area (TPSA) is 66.4 Å². The first-order valence-corrected chi connectivity index (χ1v) is 8.26. The summed E-state index contributed by atoms with van der Waals surface area (Å²) in [6.45, 7) is 2.00. The van der Waals surface area contributed by atoms with Crippen LogP contribution in [-0.2, 0) is 16.0 Å². The van der Waals surface area contributed by atoms with Crippen LogP contribution in [0, 0.1) is 0 Å². The number of carbonyl (C=O) groups excluding carboxylic acids is 1. The number of anilines is 1. The third kappa shape index (κ3) is 5.23. The summed E-state index contributed by atoms with van der Waals surface area (Å²) in [4.78, 5) is 23.0. The van der Waals surface area contributed by atoms with Gasteiger partial charge in [-0.3, -0.25) is 9.59 Å². The number of carbonyl (C=O) groups is 2. The Hall–Kier alpha value is -2.62. The van der Waals surface area contributed by atoms with Crippen LogP contribution in [0.4, 0.5) is 5.69 Å². The highest BCUT2D eigenvalue weighted by molar-refractivity contribution is 5.95. The summed E-state index contributed by atoms with van der Waals surface area (Å²) in [7, 11) is 0. The van der Waals surface area contributed by atoms with Crippen molar-refractivity contribution in [2.45, 2.75) is 38.5 Å². The first kappa shape index (κ1) is 17.7. The fourth-order valence-corrected chi connectivity index (χ4v) is 2.69. The number of benzene rings is 2. The molecule has 0 radical (unpaired) electrons. The van der Waals surface area contributed by atoms with Crippen molar-refractivity contribution >= 4 is 17.6 Å². The zero-order valence-corrected chi connectivity index (χ0v) is 13.9. The van der Waals surface area contributed by atoms with Gasteiger partial charge in [0.15, 0.2) is 0 Å². The maximum Gasteiger partial charge on any atom is 0.303 e. The minimum absolute atomic E-state index is 0.0117. The number of amides is 1. The lowest BCUT2D eigenvalue weighted by Crippen LogP contribution is -2.20. The van der Waals surface area contributed by atoms with E-state index in [2.05, 4.69) is 5.32 Å². The van der Waals surface area contributed by atoms with Gasteiger partial charge in [0.05, 0.1) is 5.92 Å². The third-order valence-electron chi connectivity index (χ3n) is 4.00. The van der Waals surface area contributed by atoms with E-state index >= 15 is 0 Å². The highest BCUT2D eigenvalue weighted by Gasteiger charge is 2.18. The maximum atomic E-state index is 12.5. The Morgan fingerprint density at radius 1 is 1.04 bits per heavy atom. The summed E-state index contributed by atoms with van der Waals surface area (Å²) in [6, 6.07) is 17.4. The second-order valence-electron chi connectivity index (χ2n) is 5.80. The lowest BCUT2D eigenvalue weighted by Gasteiger charge is -2.15. The van der Waals surface area contributed by atoms with Crippen LogP contribution in [-0.4, -0.2) is 17.0 Å². The van der Waals surface area contributed by atoms with Crippen LogP contribution in [0.1, 0.15) is 43.2 Å². The molecule has 0 aliphatic heterocycles. The highest BCUT2D eigenvalue weighted by atomic mass is 16.4. The molecule has 2 aromatic rings. The Bertz CT molecular complexity index is 665. The summed E-state index contributed by atoms with van der Waals surface area (Å²) in [5.41, 5.74) is 2.85. The lowest BCUT2D eigenvalue weighted by molar-refractivity contribution is -0.137. The Morgan fingerprint density at radius 3 is 2.29 bits per heavy atom. The van der Waals surface area contributed by atoms with Crippen molar-refractivity contribution in [3.63, 3.8) is 0 Å². The maximum absolute atomic E-state index is 12.5. The summed E-state index contributed by atoms with van der Waals surface area (Å²) < 4.78 is 0. The van der Waals surface area contributed by atoms with Crippen LogP contribution in [0.15, 0.2) is 54.6 Å². The van der Waals surface area contributed by atoms with Crippen LogP contribution < -0.4 is 5.32 Å². The summed E-state index contributed by atoms with van der Waals surface area (Å²) in [5, 5.41) is 11.6. The first-order valence-electron chi connectivity index (χ1n) is 8.26. The van der Waals surface area contributed by atoms with E-state index in [1.165, 1.54) is 0 Å². The minimum atomic E-state index is -0.773. The van der Waals surface area contributed by atoms with Crippen molar-refractivity contribution in [1.29, 1.82) is 0 Å². The molecule has 2 N–H and O–H groups in total. The van der Waals surface area contributed by atoms with Gasteiger partial charge in [-0.2, -0.15) is 0 Å². The number of nitrogens with one attached hydrogen (secondary N) is 1. The van der Waals surface area contributed by atoms with Crippen molar-refractivity contribution < 1.29 is 14.7 Å². The van der Waals surface area contributed by atoms with Gasteiger partial charge in [0.2, 0.25) is 5.91 Å². The number of carboxylic acids is 1. The number of aliphatic carboxylic acids is 1. The molecular formula is C20H23NO3. The fraction of sp³-hybridized carbons (Fsp3) is 0.300. The smallest absolute Gasteiger partial charge is 0.303 e. The third-order valence-corrected chi connectivity index (χ3v) is 4.00. The van der Waals surface area contributed by atoms with Crippen LogP contribution in [0.2, 0.25) is 0 Å². The molecule has 0 fully saturated rings. The average molecular weight is 325 g/mol. The molecule has 1 atom stereocenters. The van der Waals surface area contributed by atoms with Crippen LogP contribution >= 0.6 is 0 Å². The fourth-order valence-electron chi connectivity index (χ4n) is 2.69. The molecular weight excluding hydrogens is 302 g/mol. The molecule has 0 aliphatic carbocycles. The van der Waals surface area contributed by atoms with Gasteiger partial charge in [0.25, 0.3) is 0 Å². The standard InChI is InChI=1S/C20H23NO3/c1-2-18(16-8-4-3-5-9-16)20(24)21-17-13-11-15(12-14-17)7-6-10-19(22)23/h3-5,8-9,11-14,18H,2,6-7,10H2,1H3,(H,21,24)(H,22,23)/t18-/m1/s1. The summed E-state index contributed by atoms with van der Waals surface area (Å²) >= 11 is 0. The molecule has 24 heavy (non-hydrogen) atoms. The van der Waals surface area contributed by atoms with Crippen LogP contribution in [0.25, 0.3) is 0 Å². The molecule has 2 rings (SSSR count). The van der Waals surface area contributed by atoms with Crippen molar-refractivity contribution in [2.24, 2.45) is 0 Å². The molecule has 4 heteroatoms. The number of aryl methyl sites for hydroxylation is 1. The van der Waals surface area contributed by atoms with Gasteiger partial charge in [-0.05, 0) is 42.5 Å². The minimum Gasteiger partial charge on any atom is -0.481 e. The number of rotatable bonds is 8. The second kappa shape index (κ2) is 8.87. The van der Waals surface area contributed by atoms with Crippen LogP contribution in [0.5, 0.6) is 0 Å². The second-order valence-corrected chi connectivity index (χ2v) is 5.80. The first-order chi connectivity index (χ1) is 11.6. The molecule has 0 unspecified atom stereocenters. The van der Waals surface area contributed by atoms with Crippen molar-refractivity contribution in [1.82, 2.24) is 0 Å². The van der Waals surface area contributed by atoms with E-state index in [4.69, 9.17) is 5.11 Å². The summed E-state index contributed by atoms with van der Waals surface area (Å²) in [6.07, 6.45) is 2.26. The average Bonchev–Trinajstić information content (AvgIpc) is 2.58. The zero-order chi connectivity index (χ0) is 17.4. The lowest BCUT2D eigenvalue weighted by atomic mass is 9.95. The van der Waals surface area contributed by atoms with E-state index in [-0.39, 0.29) is 18.2 Å². The van der Waals surface area contributed by atoms with E-state index in [1.807, 2.05) is 61.5 Å². The largest absolute Gasteiger partial charge is 0.481 e. The van der Waals surface area contributed by atoms with E-state index in [1.54, 1.807) is 0 Å². The monoisotopic (exact) mass is 325 g/mol. The van der Waals surface area contributed by atoms with E-state index in [0.29, 0.717) is 6.42 Å². The van der Waals surface area contributed by atoms with Crippen molar-refractivity contribution in [2.75, 3.05) is 5.32 Å². The highest BCUT2D eigenvalue weighted by Crippen LogP contribution is 2.22. The Labute approximate surface area is 142 Å². The Balaban J connectivity index is 1.95. The van der Waals surface area contributed by atoms with E-state index < -0.39 is 5.97 Å². The molecule has 4 nitrogen and oxygen atoms in total. The quantitative estimate of drug-likeness (QED) is 0.763. The zero-order valence-electron chi connectivity index (χ0n) is 13.9. The van der Waals surface area contributed by atoms with Crippen molar-refractivity contribution in [3.05, 3.63) is 65.7 Å². The number of carboxylic acid groups (broad SMARTS) is 1. The predicted octanol–water partition coefficient (Wildman–Crippen LogP) is 4.23. The summed E-state index contributed by atoms with van der Waals surface area (Å²) in [5.74, 6) is -0.950. The Kier molecular flexibility index (Phi) is 6.55. The molecule has 126 valence electrons. The molecule has 0 aromatic heterocycles. The molecule has 0 saturated heterocycles. The number of hydrogen-bond acceptors (Lipinski definition) is 2. The molecule has 0 spiro atoms.